The summed E-state index contributed by atoms with van der Waals surface area (Å²) >= 11 is 2.45. The molecule has 10 N–H and O–H groups in total. The van der Waals surface area contributed by atoms with Crippen LogP contribution >= 0.6 is 23.5 Å². The van der Waals surface area contributed by atoms with E-state index < -0.39 is 82.6 Å². The molecule has 0 spiro atoms. The van der Waals surface area contributed by atoms with E-state index in [-0.39, 0.29) is 110 Å². The number of hydrogen-bond donors (Lipinski definition) is 10. The molecule has 0 fully saturated rings. The third-order valence-corrected chi connectivity index (χ3v) is 19.5. The van der Waals surface area contributed by atoms with E-state index in [2.05, 4.69) is 73.1 Å². The van der Waals surface area contributed by atoms with E-state index >= 15 is 0 Å². The van der Waals surface area contributed by atoms with Gasteiger partial charge in [0, 0.05) is 68.4 Å². The monoisotopic (exact) mass is 1650 g/mol. The molecule has 7 aromatic rings. The zero-order valence-electron chi connectivity index (χ0n) is 68.9. The Labute approximate surface area is 696 Å². The van der Waals surface area contributed by atoms with Crippen molar-refractivity contribution in [3.63, 3.8) is 0 Å². The first-order valence-corrected chi connectivity index (χ1v) is 40.8. The number of guanidine groups is 2. The summed E-state index contributed by atoms with van der Waals surface area (Å²) in [5.74, 6) is -2.63. The van der Waals surface area contributed by atoms with Crippen molar-refractivity contribution in [1.82, 2.24) is 41.9 Å². The molecular formula is C84H102B2N14O16S2. The number of anilines is 4. The van der Waals surface area contributed by atoms with E-state index in [4.69, 9.17) is 28.4 Å². The number of hydrogen-bond acceptors (Lipinski definition) is 20. The van der Waals surface area contributed by atoms with Crippen LogP contribution in [0.4, 0.5) is 51.5 Å². The Balaban J connectivity index is 0.895. The molecule has 6 aromatic carbocycles. The maximum absolute atomic E-state index is 14.6. The minimum atomic E-state index is -0.953. The molecule has 118 heavy (non-hydrogen) atoms. The van der Waals surface area contributed by atoms with Crippen LogP contribution < -0.4 is 64.1 Å². The lowest BCUT2D eigenvalue weighted by Gasteiger charge is -2.21. The molecule has 2 aliphatic rings. The first kappa shape index (κ1) is 90.0. The Morgan fingerprint density at radius 3 is 1.05 bits per heavy atom. The second-order valence-electron chi connectivity index (χ2n) is 31.8. The summed E-state index contributed by atoms with van der Waals surface area (Å²) < 4.78 is 33.0. The number of aromatic nitrogens is 2. The molecule has 2 aliphatic carbocycles. The van der Waals surface area contributed by atoms with Gasteiger partial charge >= 0.3 is 36.6 Å². The number of benzene rings is 6. The highest BCUT2D eigenvalue weighted by molar-refractivity contribution is 7.99. The Morgan fingerprint density at radius 2 is 0.720 bits per heavy atom. The van der Waals surface area contributed by atoms with Crippen molar-refractivity contribution in [2.45, 2.75) is 166 Å². The minimum absolute atomic E-state index is 0.00565. The Kier molecular flexibility index (Phi) is 31.5. The van der Waals surface area contributed by atoms with E-state index in [0.717, 1.165) is 50.8 Å². The molecule has 1 aromatic heterocycles. The first-order chi connectivity index (χ1) is 55.9. The van der Waals surface area contributed by atoms with Crippen molar-refractivity contribution in [3.8, 4) is 22.3 Å². The zero-order valence-corrected chi connectivity index (χ0v) is 70.5. The van der Waals surface area contributed by atoms with Crippen LogP contribution in [0.5, 0.6) is 0 Å². The number of thioether (sulfide) groups is 2. The van der Waals surface area contributed by atoms with Crippen molar-refractivity contribution in [2.24, 2.45) is 9.98 Å². The molecule has 1 heterocycles. The maximum Gasteiger partial charge on any atom is 0.437 e. The molecular weight excluding hydrogens is 1550 g/mol. The van der Waals surface area contributed by atoms with Crippen LogP contribution in [0.2, 0.25) is 0 Å². The summed E-state index contributed by atoms with van der Waals surface area (Å²) in [5.41, 5.74) is 7.07. The van der Waals surface area contributed by atoms with Crippen LogP contribution in [0.25, 0.3) is 22.3 Å². The van der Waals surface area contributed by atoms with Gasteiger partial charge in [0.05, 0.1) is 32.5 Å². The van der Waals surface area contributed by atoms with Gasteiger partial charge in [-0.1, -0.05) is 108 Å². The largest absolute Gasteiger partial charge is 0.449 e. The first-order valence-electron chi connectivity index (χ1n) is 38.8. The van der Waals surface area contributed by atoms with Gasteiger partial charge in [0.15, 0.2) is 0 Å². The number of carbonyl (C=O) groups is 10. The van der Waals surface area contributed by atoms with Gasteiger partial charge in [0.1, 0.15) is 69.0 Å². The average molecular weight is 1650 g/mol. The van der Waals surface area contributed by atoms with Crippen molar-refractivity contribution in [1.29, 1.82) is 0 Å². The fourth-order valence-corrected chi connectivity index (χ4v) is 14.4. The van der Waals surface area contributed by atoms with Gasteiger partial charge < -0.3 is 71.0 Å². The van der Waals surface area contributed by atoms with Gasteiger partial charge in [0.2, 0.25) is 23.7 Å². The van der Waals surface area contributed by atoms with Crippen LogP contribution in [-0.2, 0) is 38.0 Å². The average Bonchev–Trinajstić information content (AvgIpc) is 1.61. The number of fused-ring (bicyclic) bond motifs is 6. The van der Waals surface area contributed by atoms with E-state index in [1.165, 1.54) is 29.6 Å². The third-order valence-electron chi connectivity index (χ3n) is 17.2. The van der Waals surface area contributed by atoms with E-state index in [1.54, 1.807) is 123 Å². The predicted octanol–water partition coefficient (Wildman–Crippen LogP) is 11.8. The number of ether oxygens (including phenoxy) is 6. The number of aliphatic imine (C=N–C) groups is 2. The number of alkyl carbamates (subject to hydrolysis) is 4. The SMILES string of the molecule is Bc1cc(NC(=O)CCCCN/C(=N/C(=O)OC(C)(C)C)NC(=O)OC(C)(C)C)c(SCCNC(=O)OCC2c3ccccc3-c3ccccc32)c(NC(=O)c2cc(C(=O)Nc3cc(B)cc(NC(=O)CCCCN/C(=N/C(=O)OC(C)(C)C)NC(=O)OC(C)(C)C)c3SCCNC(=O)OCC3c4ccccc4-c4ccccc43)ncn2)c1. The van der Waals surface area contributed by atoms with Gasteiger partial charge in [-0.25, -0.2) is 38.7 Å². The van der Waals surface area contributed by atoms with Crippen molar-refractivity contribution < 1.29 is 76.4 Å². The Bertz CT molecular complexity index is 4540. The minimum Gasteiger partial charge on any atom is -0.449 e. The van der Waals surface area contributed by atoms with Gasteiger partial charge in [-0.05, 0) is 178 Å². The normalized spacial score (nSPS) is 12.5. The highest BCUT2D eigenvalue weighted by Gasteiger charge is 2.32. The van der Waals surface area contributed by atoms with Crippen LogP contribution in [0.1, 0.15) is 177 Å². The molecule has 0 bridgehead atoms. The van der Waals surface area contributed by atoms with Gasteiger partial charge in [0.25, 0.3) is 11.8 Å². The smallest absolute Gasteiger partial charge is 0.437 e. The molecule has 0 atom stereocenters. The molecule has 30 nitrogen and oxygen atoms in total. The lowest BCUT2D eigenvalue weighted by molar-refractivity contribution is -0.117. The summed E-state index contributed by atoms with van der Waals surface area (Å²) in [6.45, 7) is 20.8. The summed E-state index contributed by atoms with van der Waals surface area (Å²) in [6.07, 6.45) is -2.47. The predicted molar refractivity (Wildman–Crippen MR) is 462 cm³/mol. The van der Waals surface area contributed by atoms with Crippen LogP contribution in [-0.4, -0.2) is 171 Å². The van der Waals surface area contributed by atoms with Crippen LogP contribution in [0.3, 0.4) is 0 Å². The highest BCUT2D eigenvalue weighted by atomic mass is 32.2. The van der Waals surface area contributed by atoms with Crippen LogP contribution in [0, 0.1) is 0 Å². The fraction of sp³-hybridized carbons (Fsp3) is 0.381. The molecule has 0 unspecified atom stereocenters. The molecule has 0 aliphatic heterocycles. The molecule has 34 heteroatoms. The third kappa shape index (κ3) is 28.2. The standard InChI is InChI=1S/C84H102B2N14O16S2/c1-81(2,3)113-77(107)97-73(98-78(108)114-82(4,5)6)87-35-23-21-33-67(101)93-61-41-49(85)43-63(69(61)117-39-37-89-75(105)111-46-59-55-29-17-13-25-51(55)52-26-14-18-30-56(52)59)95-71(103)65-45-66(92-48-91-65)72(104)96-64-44-50(86)42-62(94-68(102)34-22-24-36-88-74(99-79(109)115-83(7,8)9)100-80(110)116-84(10,11)12)70(64)118-40-38-90-76(106)112-47-60-57-31-19-15-27-53(57)54-28-16-20-32-58(54)60/h13-20,25-32,41-45,48,59-60H,21-24,33-40,46-47,85-86H2,1-12H3,(H,89,105)(H,90,106)(H,93,101)(H,94,102)(H,95,103)(H,96,104)(H2,87,97,98,107,108)(H2,88,99,100,109,110). The number of carbonyl (C=O) groups excluding carboxylic acids is 10. The summed E-state index contributed by atoms with van der Waals surface area (Å²) in [6, 6.07) is 40.1. The maximum atomic E-state index is 14.6. The van der Waals surface area contributed by atoms with Gasteiger partial charge in [-0.15, -0.1) is 33.5 Å². The van der Waals surface area contributed by atoms with E-state index in [9.17, 15) is 47.9 Å². The summed E-state index contributed by atoms with van der Waals surface area (Å²) in [5, 5.41) is 28.3. The molecule has 622 valence electrons. The molecule has 10 amide bonds. The topological polar surface area (TPSA) is 397 Å². The summed E-state index contributed by atoms with van der Waals surface area (Å²) in [4.78, 5) is 152. The zero-order chi connectivity index (χ0) is 85.5. The Morgan fingerprint density at radius 1 is 0.398 bits per heavy atom. The lowest BCUT2D eigenvalue weighted by Crippen LogP contribution is -2.44. The fourth-order valence-electron chi connectivity index (χ4n) is 12.6. The number of nitrogens with one attached hydrogen (secondary N) is 10. The quantitative estimate of drug-likeness (QED) is 0.00544. The number of unbranched alkanes of at least 4 members (excludes halogenated alkanes) is 2. The number of rotatable bonds is 28. The summed E-state index contributed by atoms with van der Waals surface area (Å²) in [7, 11) is 3.54. The lowest BCUT2D eigenvalue weighted by atomic mass is 9.95. The highest BCUT2D eigenvalue weighted by Crippen LogP contribution is 2.46. The molecule has 9 rings (SSSR count). The second-order valence-corrected chi connectivity index (χ2v) is 34.0. The molecule has 0 saturated carbocycles. The van der Waals surface area contributed by atoms with E-state index in [0.29, 0.717) is 57.8 Å². The Hall–Kier alpha value is -11.9. The van der Waals surface area contributed by atoms with Crippen LogP contribution in [0.15, 0.2) is 153 Å². The van der Waals surface area contributed by atoms with Crippen molar-refractivity contribution in [3.05, 3.63) is 167 Å². The van der Waals surface area contributed by atoms with Crippen molar-refractivity contribution >= 4 is 145 Å². The second kappa shape index (κ2) is 41.3. The molecule has 0 saturated heterocycles. The van der Waals surface area contributed by atoms with Gasteiger partial charge in [-0.3, -0.25) is 29.8 Å². The van der Waals surface area contributed by atoms with Crippen molar-refractivity contribution in [2.75, 3.05) is 72.2 Å². The molecule has 0 radical (unpaired) electrons. The van der Waals surface area contributed by atoms with Gasteiger partial charge in [-0.2, -0.15) is 0 Å². The number of amides is 10. The number of nitrogens with zero attached hydrogens (tertiary/aromatic N) is 4. The van der Waals surface area contributed by atoms with E-state index in [1.807, 2.05) is 97.1 Å².